The number of nitrogens with one attached hydrogen (secondary N) is 1. The van der Waals surface area contributed by atoms with Crippen molar-refractivity contribution in [2.45, 2.75) is 32.0 Å². The first-order valence-corrected chi connectivity index (χ1v) is 9.15. The Labute approximate surface area is 168 Å². The zero-order chi connectivity index (χ0) is 21.5. The number of amides is 1. The number of anilines is 2. The summed E-state index contributed by atoms with van der Waals surface area (Å²) in [5.41, 5.74) is 0.695. The lowest BCUT2D eigenvalue weighted by Crippen LogP contribution is -2.41. The summed E-state index contributed by atoms with van der Waals surface area (Å²) >= 11 is 0. The Morgan fingerprint density at radius 2 is 2.10 bits per heavy atom. The Morgan fingerprint density at radius 3 is 2.83 bits per heavy atom. The second-order valence-electron chi connectivity index (χ2n) is 6.79. The molecule has 0 spiro atoms. The van der Waals surface area contributed by atoms with Gasteiger partial charge < -0.3 is 15.0 Å². The largest absolute Gasteiger partial charge is 0.467 e. The van der Waals surface area contributed by atoms with Crippen LogP contribution in [0.3, 0.4) is 0 Å². The minimum Gasteiger partial charge on any atom is -0.467 e. The molecule has 1 atom stereocenters. The maximum atomic E-state index is 13.4. The van der Waals surface area contributed by atoms with Gasteiger partial charge in [0.25, 0.3) is 5.91 Å². The van der Waals surface area contributed by atoms with E-state index in [1.165, 1.54) is 41.1 Å². The molecule has 12 heteroatoms. The van der Waals surface area contributed by atoms with Crippen LogP contribution in [-0.2, 0) is 0 Å². The molecule has 30 heavy (non-hydrogen) atoms. The van der Waals surface area contributed by atoms with E-state index in [4.69, 9.17) is 4.74 Å². The molecule has 1 N–H and O–H groups in total. The van der Waals surface area contributed by atoms with Crippen molar-refractivity contribution in [1.82, 2.24) is 24.6 Å². The van der Waals surface area contributed by atoms with Gasteiger partial charge in [-0.15, -0.1) is 0 Å². The van der Waals surface area contributed by atoms with Gasteiger partial charge in [-0.3, -0.25) is 4.79 Å². The summed E-state index contributed by atoms with van der Waals surface area (Å²) < 4.78 is 46.4. The van der Waals surface area contributed by atoms with Crippen LogP contribution < -0.4 is 15.0 Å². The minimum absolute atomic E-state index is 0.0114. The van der Waals surface area contributed by atoms with Crippen molar-refractivity contribution in [2.75, 3.05) is 23.9 Å². The SMILES string of the molecule is COc1nccc(NC(=O)c2c(C)nn3ccc(N4CCCC4C(F)(F)F)nc23)n1. The van der Waals surface area contributed by atoms with Crippen molar-refractivity contribution in [3.8, 4) is 6.01 Å². The summed E-state index contributed by atoms with van der Waals surface area (Å²) in [5.74, 6) is -0.180. The molecular weight excluding hydrogens is 403 g/mol. The van der Waals surface area contributed by atoms with E-state index in [9.17, 15) is 18.0 Å². The number of aromatic nitrogens is 5. The molecule has 1 aliphatic rings. The molecule has 4 rings (SSSR count). The molecular formula is C18H18F3N7O2. The Kier molecular flexibility index (Phi) is 4.92. The number of methoxy groups -OCH3 is 1. The van der Waals surface area contributed by atoms with Crippen LogP contribution in [0.1, 0.15) is 28.9 Å². The van der Waals surface area contributed by atoms with E-state index in [0.29, 0.717) is 12.1 Å². The highest BCUT2D eigenvalue weighted by Gasteiger charge is 2.46. The summed E-state index contributed by atoms with van der Waals surface area (Å²) in [6.45, 7) is 1.86. The molecule has 0 radical (unpaired) electrons. The van der Waals surface area contributed by atoms with E-state index in [1.54, 1.807) is 6.92 Å². The highest BCUT2D eigenvalue weighted by molar-refractivity contribution is 6.08. The average Bonchev–Trinajstić information content (AvgIpc) is 3.31. The van der Waals surface area contributed by atoms with Crippen molar-refractivity contribution in [1.29, 1.82) is 0 Å². The van der Waals surface area contributed by atoms with E-state index >= 15 is 0 Å². The zero-order valence-electron chi connectivity index (χ0n) is 16.1. The van der Waals surface area contributed by atoms with Crippen LogP contribution in [0.2, 0.25) is 0 Å². The van der Waals surface area contributed by atoms with Gasteiger partial charge in [-0.1, -0.05) is 0 Å². The number of rotatable bonds is 4. The third kappa shape index (κ3) is 3.60. The molecule has 0 aliphatic carbocycles. The summed E-state index contributed by atoms with van der Waals surface area (Å²) in [7, 11) is 1.40. The van der Waals surface area contributed by atoms with E-state index in [1.807, 2.05) is 0 Å². The van der Waals surface area contributed by atoms with Crippen LogP contribution in [0.4, 0.5) is 24.8 Å². The highest BCUT2D eigenvalue weighted by atomic mass is 19.4. The van der Waals surface area contributed by atoms with Gasteiger partial charge in [0.2, 0.25) is 0 Å². The maximum absolute atomic E-state index is 13.4. The minimum atomic E-state index is -4.35. The van der Waals surface area contributed by atoms with Crippen molar-refractivity contribution < 1.29 is 22.7 Å². The first-order valence-electron chi connectivity index (χ1n) is 9.15. The molecule has 0 aromatic carbocycles. The Bertz CT molecular complexity index is 1100. The molecule has 4 heterocycles. The molecule has 3 aromatic rings. The summed E-state index contributed by atoms with van der Waals surface area (Å²) in [5, 5.41) is 6.86. The van der Waals surface area contributed by atoms with Crippen LogP contribution in [0, 0.1) is 6.92 Å². The molecule has 1 fully saturated rings. The van der Waals surface area contributed by atoms with Crippen LogP contribution in [0.15, 0.2) is 24.5 Å². The fourth-order valence-corrected chi connectivity index (χ4v) is 3.52. The first-order chi connectivity index (χ1) is 14.3. The average molecular weight is 421 g/mol. The standard InChI is InChI=1S/C18H18F3N7O2/c1-10-14(16(29)23-12-5-7-22-17(24-12)30-2)15-25-13(6-9-28(15)26-10)27-8-3-4-11(27)18(19,20)21/h5-7,9,11H,3-4,8H2,1-2H3,(H,22,23,24,29). The van der Waals surface area contributed by atoms with Gasteiger partial charge in [0.1, 0.15) is 23.2 Å². The number of carbonyl (C=O) groups is 1. The molecule has 1 amide bonds. The smallest absolute Gasteiger partial charge is 0.408 e. The number of hydrogen-bond donors (Lipinski definition) is 1. The van der Waals surface area contributed by atoms with Gasteiger partial charge in [-0.25, -0.2) is 14.5 Å². The van der Waals surface area contributed by atoms with Gasteiger partial charge in [-0.05, 0) is 31.9 Å². The van der Waals surface area contributed by atoms with Crippen LogP contribution in [-0.4, -0.2) is 56.3 Å². The lowest BCUT2D eigenvalue weighted by Gasteiger charge is -2.27. The number of fused-ring (bicyclic) bond motifs is 1. The predicted octanol–water partition coefficient (Wildman–Crippen LogP) is 2.62. The van der Waals surface area contributed by atoms with Crippen LogP contribution in [0.25, 0.3) is 5.65 Å². The quantitative estimate of drug-likeness (QED) is 0.692. The normalized spacial score (nSPS) is 16.8. The molecule has 1 aliphatic heterocycles. The number of nitrogens with zero attached hydrogens (tertiary/aromatic N) is 6. The third-order valence-corrected chi connectivity index (χ3v) is 4.86. The van der Waals surface area contributed by atoms with Crippen molar-refractivity contribution in [3.05, 3.63) is 35.8 Å². The Hall–Kier alpha value is -3.44. The fraction of sp³-hybridized carbons (Fsp3) is 0.389. The van der Waals surface area contributed by atoms with Crippen LogP contribution in [0.5, 0.6) is 6.01 Å². The molecule has 0 bridgehead atoms. The van der Waals surface area contributed by atoms with E-state index in [2.05, 4.69) is 25.4 Å². The molecule has 1 unspecified atom stereocenters. The second kappa shape index (κ2) is 7.43. The number of halogens is 3. The van der Waals surface area contributed by atoms with Gasteiger partial charge in [0, 0.05) is 18.9 Å². The van der Waals surface area contributed by atoms with Gasteiger partial charge >= 0.3 is 12.2 Å². The monoisotopic (exact) mass is 421 g/mol. The maximum Gasteiger partial charge on any atom is 0.408 e. The molecule has 1 saturated heterocycles. The van der Waals surface area contributed by atoms with Crippen molar-refractivity contribution in [3.63, 3.8) is 0 Å². The summed E-state index contributed by atoms with van der Waals surface area (Å²) in [4.78, 5) is 26.3. The number of alkyl halides is 3. The van der Waals surface area contributed by atoms with Gasteiger partial charge in [-0.2, -0.15) is 23.3 Å². The zero-order valence-corrected chi connectivity index (χ0v) is 16.1. The number of ether oxygens (including phenoxy) is 1. The van der Waals surface area contributed by atoms with E-state index in [-0.39, 0.29) is 41.8 Å². The van der Waals surface area contributed by atoms with E-state index < -0.39 is 18.1 Å². The fourth-order valence-electron chi connectivity index (χ4n) is 3.52. The Balaban J connectivity index is 1.69. The molecule has 0 saturated carbocycles. The second-order valence-corrected chi connectivity index (χ2v) is 6.79. The summed E-state index contributed by atoms with van der Waals surface area (Å²) in [6.07, 6.45) is -1.01. The van der Waals surface area contributed by atoms with Crippen LogP contribution >= 0.6 is 0 Å². The lowest BCUT2D eigenvalue weighted by molar-refractivity contribution is -0.146. The number of carbonyl (C=O) groups excluding carboxylic acids is 1. The van der Waals surface area contributed by atoms with E-state index in [0.717, 1.165) is 0 Å². The molecule has 9 nitrogen and oxygen atoms in total. The Morgan fingerprint density at radius 1 is 1.30 bits per heavy atom. The molecule has 158 valence electrons. The molecule has 3 aromatic heterocycles. The lowest BCUT2D eigenvalue weighted by atomic mass is 10.2. The van der Waals surface area contributed by atoms with Gasteiger partial charge in [0.15, 0.2) is 5.65 Å². The van der Waals surface area contributed by atoms with Crippen molar-refractivity contribution >= 4 is 23.2 Å². The number of hydrogen-bond acceptors (Lipinski definition) is 7. The number of aryl methyl sites for hydroxylation is 1. The third-order valence-electron chi connectivity index (χ3n) is 4.86. The highest BCUT2D eigenvalue weighted by Crippen LogP contribution is 2.35. The van der Waals surface area contributed by atoms with Gasteiger partial charge in [0.05, 0.1) is 12.8 Å². The topological polar surface area (TPSA) is 97.5 Å². The first kappa shape index (κ1) is 19.9. The summed E-state index contributed by atoms with van der Waals surface area (Å²) in [6, 6.07) is 1.44. The van der Waals surface area contributed by atoms with Crippen molar-refractivity contribution in [2.24, 2.45) is 0 Å². The predicted molar refractivity (Wildman–Crippen MR) is 101 cm³/mol.